The summed E-state index contributed by atoms with van der Waals surface area (Å²) in [5.41, 5.74) is 12.0. The van der Waals surface area contributed by atoms with Crippen molar-refractivity contribution in [3.8, 4) is 33.8 Å². The van der Waals surface area contributed by atoms with E-state index in [0.29, 0.717) is 18.4 Å². The van der Waals surface area contributed by atoms with Crippen molar-refractivity contribution in [2.45, 2.75) is 52.9 Å². The molecular formula is C56H62NO2Zr+. The number of phenols is 1. The van der Waals surface area contributed by atoms with E-state index in [0.717, 1.165) is 63.2 Å². The summed E-state index contributed by atoms with van der Waals surface area (Å²) < 4.78 is 6.34. The molecule has 0 aliphatic heterocycles. The van der Waals surface area contributed by atoms with Gasteiger partial charge in [-0.2, -0.15) is 73.9 Å². The third kappa shape index (κ3) is 15.6. The number of nitrogens with zero attached hydrogens (tertiary/aromatic N) is 1. The number of ether oxygens (including phenoxy) is 1. The van der Waals surface area contributed by atoms with E-state index in [1.54, 1.807) is 0 Å². The van der Waals surface area contributed by atoms with Gasteiger partial charge in [-0.25, -0.2) is 0 Å². The molecule has 4 heteroatoms. The van der Waals surface area contributed by atoms with Crippen molar-refractivity contribution < 1.29 is 36.0 Å². The number of hydrogen-bond acceptors (Lipinski definition) is 3. The predicted octanol–water partition coefficient (Wildman–Crippen LogP) is 14.8. The second kappa shape index (κ2) is 25.8. The molecule has 0 aliphatic rings. The Labute approximate surface area is 381 Å². The standard InChI is InChI=1S/C35H41NO2.3C7H7.Zr/c1-24(2)28-17-12-18-29(25(3)4)34(28)36(6)20-13-21-38-33-19-11-10-16-30(33)32-23-26(5)22-31(35(32)37)27-14-8-7-9-15-27;3*1-7-5-3-2-4-6-7;/h7-12,14-19,22-25,37H,13,20-21H2,1-6H3;3*2-6H,1H2;/q;3*-1;+4. The summed E-state index contributed by atoms with van der Waals surface area (Å²) >= 11 is 0. The van der Waals surface area contributed by atoms with E-state index >= 15 is 0 Å². The van der Waals surface area contributed by atoms with Crippen LogP contribution >= 0.6 is 0 Å². The van der Waals surface area contributed by atoms with Gasteiger partial charge in [0.15, 0.2) is 0 Å². The molecule has 0 fully saturated rings. The van der Waals surface area contributed by atoms with Crippen LogP contribution in [0.15, 0.2) is 176 Å². The van der Waals surface area contributed by atoms with E-state index in [1.165, 1.54) is 16.8 Å². The van der Waals surface area contributed by atoms with Gasteiger partial charge in [0.25, 0.3) is 0 Å². The Balaban J connectivity index is 0.000000350. The molecule has 7 rings (SSSR count). The van der Waals surface area contributed by atoms with Crippen LogP contribution in [0.25, 0.3) is 22.3 Å². The number of aromatic hydroxyl groups is 1. The molecule has 7 aromatic carbocycles. The fraction of sp³-hybridized carbons (Fsp3) is 0.196. The number of rotatable bonds is 10. The average molecular weight is 872 g/mol. The molecule has 0 bridgehead atoms. The van der Waals surface area contributed by atoms with Crippen molar-refractivity contribution in [3.05, 3.63) is 230 Å². The summed E-state index contributed by atoms with van der Waals surface area (Å²) in [5.74, 6) is 2.01. The molecule has 0 aromatic heterocycles. The summed E-state index contributed by atoms with van der Waals surface area (Å²) in [6.07, 6.45) is 0.893. The van der Waals surface area contributed by atoms with E-state index in [9.17, 15) is 5.11 Å². The number of benzene rings is 7. The van der Waals surface area contributed by atoms with Gasteiger partial charge in [0.2, 0.25) is 0 Å². The van der Waals surface area contributed by atoms with E-state index in [1.807, 2.05) is 158 Å². The molecule has 0 radical (unpaired) electrons. The molecule has 0 spiro atoms. The van der Waals surface area contributed by atoms with Crippen molar-refractivity contribution in [2.75, 3.05) is 25.1 Å². The van der Waals surface area contributed by atoms with Gasteiger partial charge < -0.3 is 14.7 Å². The van der Waals surface area contributed by atoms with Crippen molar-refractivity contribution in [1.29, 1.82) is 0 Å². The van der Waals surface area contributed by atoms with Gasteiger partial charge in [0, 0.05) is 36.0 Å². The minimum atomic E-state index is 0. The summed E-state index contributed by atoms with van der Waals surface area (Å²) in [6.45, 7) is 23.8. The van der Waals surface area contributed by atoms with E-state index in [4.69, 9.17) is 4.74 Å². The summed E-state index contributed by atoms with van der Waals surface area (Å²) in [7, 11) is 2.19. The number of aryl methyl sites for hydroxylation is 1. The van der Waals surface area contributed by atoms with Gasteiger partial charge in [0.1, 0.15) is 11.5 Å². The maximum absolute atomic E-state index is 11.3. The Morgan fingerprint density at radius 2 is 0.950 bits per heavy atom. The van der Waals surface area contributed by atoms with Gasteiger partial charge in [-0.05, 0) is 65.6 Å². The largest absolute Gasteiger partial charge is 4.00 e. The molecular weight excluding hydrogens is 810 g/mol. The zero-order valence-electron chi connectivity index (χ0n) is 36.4. The monoisotopic (exact) mass is 870 g/mol. The molecule has 7 aromatic rings. The Bertz CT molecular complexity index is 2120. The first-order valence-electron chi connectivity index (χ1n) is 20.5. The van der Waals surface area contributed by atoms with Crippen LogP contribution in [0.1, 0.15) is 79.3 Å². The second-order valence-corrected chi connectivity index (χ2v) is 15.2. The Morgan fingerprint density at radius 3 is 1.38 bits per heavy atom. The predicted molar refractivity (Wildman–Crippen MR) is 254 cm³/mol. The van der Waals surface area contributed by atoms with Gasteiger partial charge in [-0.3, -0.25) is 0 Å². The third-order valence-electron chi connectivity index (χ3n) is 9.66. The number of anilines is 1. The average Bonchev–Trinajstić information content (AvgIpc) is 3.24. The number of para-hydroxylation sites is 2. The molecule has 0 amide bonds. The Hall–Kier alpha value is -5.57. The van der Waals surface area contributed by atoms with Crippen molar-refractivity contribution in [2.24, 2.45) is 0 Å². The van der Waals surface area contributed by atoms with Gasteiger partial charge in [-0.1, -0.05) is 113 Å². The Kier molecular flexibility index (Phi) is 21.0. The smallest absolute Gasteiger partial charge is 0.507 e. The zero-order chi connectivity index (χ0) is 42.6. The topological polar surface area (TPSA) is 32.7 Å². The first kappa shape index (κ1) is 48.8. The van der Waals surface area contributed by atoms with Crippen LogP contribution in [0.4, 0.5) is 5.69 Å². The van der Waals surface area contributed by atoms with Crippen LogP contribution < -0.4 is 9.64 Å². The molecule has 1 N–H and O–H groups in total. The quantitative estimate of drug-likeness (QED) is 0.110. The number of hydrogen-bond donors (Lipinski definition) is 1. The van der Waals surface area contributed by atoms with Gasteiger partial charge in [-0.15, -0.1) is 36.4 Å². The SMILES string of the molecule is Cc1cc(-c2ccccc2)c(O)c(-c2ccccc2OCCCN(C)c2c(C(C)C)cccc2C(C)C)c1.[CH2-]c1ccccc1.[CH2-]c1ccccc1.[CH2-]c1ccccc1.[Zr+4]. The van der Waals surface area contributed by atoms with Crippen LogP contribution in [-0.2, 0) is 26.2 Å². The van der Waals surface area contributed by atoms with E-state index < -0.39 is 0 Å². The summed E-state index contributed by atoms with van der Waals surface area (Å²) in [4.78, 5) is 2.39. The third-order valence-corrected chi connectivity index (χ3v) is 9.66. The van der Waals surface area contributed by atoms with Crippen LogP contribution in [0, 0.1) is 27.7 Å². The van der Waals surface area contributed by atoms with Crippen molar-refractivity contribution in [1.82, 2.24) is 0 Å². The number of phenolic OH excluding ortho intramolecular Hbond substituents is 1. The summed E-state index contributed by atoms with van der Waals surface area (Å²) in [6, 6.07) is 58.4. The molecule has 3 nitrogen and oxygen atoms in total. The van der Waals surface area contributed by atoms with Crippen LogP contribution in [0.3, 0.4) is 0 Å². The maximum atomic E-state index is 11.3. The molecule has 0 saturated heterocycles. The Morgan fingerprint density at radius 1 is 0.533 bits per heavy atom. The van der Waals surface area contributed by atoms with E-state index in [-0.39, 0.29) is 32.0 Å². The molecule has 60 heavy (non-hydrogen) atoms. The molecule has 0 saturated carbocycles. The van der Waals surface area contributed by atoms with Gasteiger partial charge >= 0.3 is 26.2 Å². The fourth-order valence-corrected chi connectivity index (χ4v) is 6.62. The minimum absolute atomic E-state index is 0. The van der Waals surface area contributed by atoms with Crippen molar-refractivity contribution in [3.63, 3.8) is 0 Å². The molecule has 306 valence electrons. The first-order valence-corrected chi connectivity index (χ1v) is 20.5. The normalized spacial score (nSPS) is 10.1. The molecule has 0 atom stereocenters. The van der Waals surface area contributed by atoms with Crippen molar-refractivity contribution >= 4 is 5.69 Å². The second-order valence-electron chi connectivity index (χ2n) is 15.2. The maximum Gasteiger partial charge on any atom is 4.00 e. The van der Waals surface area contributed by atoms with Crippen LogP contribution in [-0.4, -0.2) is 25.3 Å². The molecule has 0 unspecified atom stereocenters. The zero-order valence-corrected chi connectivity index (χ0v) is 38.9. The van der Waals surface area contributed by atoms with Gasteiger partial charge in [0.05, 0.1) is 6.61 Å². The minimum Gasteiger partial charge on any atom is -0.507 e. The first-order chi connectivity index (χ1) is 28.5. The molecule has 0 aliphatic carbocycles. The summed E-state index contributed by atoms with van der Waals surface area (Å²) in [5, 5.41) is 11.3. The van der Waals surface area contributed by atoms with E-state index in [2.05, 4.69) is 85.5 Å². The van der Waals surface area contributed by atoms with Crippen LogP contribution in [0.2, 0.25) is 0 Å². The van der Waals surface area contributed by atoms with Crippen LogP contribution in [0.5, 0.6) is 11.5 Å². The molecule has 0 heterocycles. The fourth-order valence-electron chi connectivity index (χ4n) is 6.62.